The van der Waals surface area contributed by atoms with Crippen molar-refractivity contribution >= 4 is 19.7 Å². The maximum absolute atomic E-state index is 12.4. The van der Waals surface area contributed by atoms with Gasteiger partial charge in [-0.15, -0.1) is 0 Å². The van der Waals surface area contributed by atoms with Crippen molar-refractivity contribution in [3.05, 3.63) is 11.9 Å². The van der Waals surface area contributed by atoms with E-state index in [0.29, 0.717) is 6.42 Å². The monoisotopic (exact) mass is 316 g/mol. The molecule has 1 heterocycles. The summed E-state index contributed by atoms with van der Waals surface area (Å²) >= 11 is 0. The molecule has 0 aliphatic rings. The minimum atomic E-state index is -4.04. The van der Waals surface area contributed by atoms with Gasteiger partial charge in [0.2, 0.25) is 0 Å². The molecule has 0 fully saturated rings. The van der Waals surface area contributed by atoms with Crippen molar-refractivity contribution in [3.8, 4) is 0 Å². The lowest BCUT2D eigenvalue weighted by molar-refractivity contribution is 0.0425. The van der Waals surface area contributed by atoms with E-state index in [2.05, 4.69) is 5.10 Å². The van der Waals surface area contributed by atoms with Gasteiger partial charge in [0.05, 0.1) is 24.6 Å². The van der Waals surface area contributed by atoms with Crippen LogP contribution in [-0.2, 0) is 26.9 Å². The first-order valence-corrected chi connectivity index (χ1v) is 7.95. The van der Waals surface area contributed by atoms with E-state index in [1.54, 1.807) is 6.92 Å². The average Bonchev–Trinajstić information content (AvgIpc) is 2.67. The molecule has 0 saturated carbocycles. The third kappa shape index (κ3) is 4.70. The van der Waals surface area contributed by atoms with Gasteiger partial charge in [0.15, 0.2) is 0 Å². The van der Waals surface area contributed by atoms with Gasteiger partial charge in [0.1, 0.15) is 11.4 Å². The molecular formula is C10H15ClF2N2O3S. The summed E-state index contributed by atoms with van der Waals surface area (Å²) in [4.78, 5) is -0.293. The molecule has 0 saturated heterocycles. The Kier molecular flexibility index (Phi) is 5.69. The van der Waals surface area contributed by atoms with Crippen molar-refractivity contribution in [2.45, 2.75) is 50.8 Å². The van der Waals surface area contributed by atoms with Crippen LogP contribution in [0.15, 0.2) is 11.1 Å². The molecule has 0 amide bonds. The number of aromatic nitrogens is 2. The second-order valence-corrected chi connectivity index (χ2v) is 6.53. The first kappa shape index (κ1) is 16.3. The summed E-state index contributed by atoms with van der Waals surface area (Å²) in [7, 11) is 1.20. The third-order valence-corrected chi connectivity index (χ3v) is 3.93. The summed E-state index contributed by atoms with van der Waals surface area (Å²) in [5, 5.41) is 3.62. The molecule has 0 bridgehead atoms. The summed E-state index contributed by atoms with van der Waals surface area (Å²) in [6.45, 7) is 2.84. The lowest BCUT2D eigenvalue weighted by Crippen LogP contribution is -2.15. The fraction of sp³-hybridized carbons (Fsp3) is 0.700. The summed E-state index contributed by atoms with van der Waals surface area (Å²) in [6, 6.07) is 0. The number of rotatable bonds is 7. The third-order valence-electron chi connectivity index (χ3n) is 2.56. The van der Waals surface area contributed by atoms with E-state index in [4.69, 9.17) is 15.4 Å². The Labute approximate surface area is 114 Å². The topological polar surface area (TPSA) is 61.2 Å². The molecule has 1 atom stereocenters. The Morgan fingerprint density at radius 1 is 1.53 bits per heavy atom. The summed E-state index contributed by atoms with van der Waals surface area (Å²) in [6.07, 6.45) is -1.10. The van der Waals surface area contributed by atoms with Gasteiger partial charge in [-0.3, -0.25) is 4.68 Å². The molecule has 9 heteroatoms. The molecule has 1 rings (SSSR count). The SMILES string of the molecule is CCC(C)OCc1c(S(=O)(=O)Cl)cnn1CC(F)F. The largest absolute Gasteiger partial charge is 0.372 e. The molecule has 19 heavy (non-hydrogen) atoms. The minimum absolute atomic E-state index is 0.0376. The molecule has 0 aliphatic heterocycles. The van der Waals surface area contributed by atoms with Crippen LogP contribution in [0.1, 0.15) is 26.0 Å². The predicted octanol–water partition coefficient (Wildman–Crippen LogP) is 2.39. The molecule has 110 valence electrons. The van der Waals surface area contributed by atoms with Crippen LogP contribution >= 0.6 is 10.7 Å². The normalized spacial score (nSPS) is 14.0. The quantitative estimate of drug-likeness (QED) is 0.725. The lowest BCUT2D eigenvalue weighted by Gasteiger charge is -2.13. The van der Waals surface area contributed by atoms with Crippen molar-refractivity contribution in [2.75, 3.05) is 0 Å². The smallest absolute Gasteiger partial charge is 0.264 e. The molecule has 0 radical (unpaired) electrons. The minimum Gasteiger partial charge on any atom is -0.372 e. The first-order valence-electron chi connectivity index (χ1n) is 5.64. The Morgan fingerprint density at radius 3 is 2.63 bits per heavy atom. The highest BCUT2D eigenvalue weighted by Gasteiger charge is 2.23. The highest BCUT2D eigenvalue weighted by molar-refractivity contribution is 8.13. The second kappa shape index (κ2) is 6.62. The highest BCUT2D eigenvalue weighted by atomic mass is 35.7. The molecule has 1 unspecified atom stereocenters. The fourth-order valence-electron chi connectivity index (χ4n) is 1.37. The average molecular weight is 317 g/mol. The van der Waals surface area contributed by atoms with Crippen LogP contribution in [0.4, 0.5) is 8.78 Å². The highest BCUT2D eigenvalue weighted by Crippen LogP contribution is 2.22. The van der Waals surface area contributed by atoms with E-state index in [1.165, 1.54) is 0 Å². The zero-order chi connectivity index (χ0) is 14.6. The van der Waals surface area contributed by atoms with E-state index >= 15 is 0 Å². The zero-order valence-corrected chi connectivity index (χ0v) is 12.1. The van der Waals surface area contributed by atoms with E-state index < -0.39 is 22.0 Å². The first-order chi connectivity index (χ1) is 8.75. The van der Waals surface area contributed by atoms with Crippen molar-refractivity contribution in [1.82, 2.24) is 9.78 Å². The number of alkyl halides is 2. The molecule has 0 spiro atoms. The number of hydrogen-bond acceptors (Lipinski definition) is 4. The van der Waals surface area contributed by atoms with Crippen LogP contribution in [0, 0.1) is 0 Å². The Bertz CT molecular complexity index is 519. The number of hydrogen-bond donors (Lipinski definition) is 0. The van der Waals surface area contributed by atoms with Gasteiger partial charge in [0, 0.05) is 10.7 Å². The van der Waals surface area contributed by atoms with Crippen LogP contribution in [0.2, 0.25) is 0 Å². The van der Waals surface area contributed by atoms with Gasteiger partial charge in [-0.05, 0) is 13.3 Å². The Balaban J connectivity index is 3.04. The van der Waals surface area contributed by atoms with Gasteiger partial charge in [-0.25, -0.2) is 17.2 Å². The van der Waals surface area contributed by atoms with Gasteiger partial charge in [-0.2, -0.15) is 5.10 Å². The second-order valence-electron chi connectivity index (χ2n) is 4.00. The van der Waals surface area contributed by atoms with Crippen molar-refractivity contribution < 1.29 is 21.9 Å². The summed E-state index contributed by atoms with van der Waals surface area (Å²) in [5.74, 6) is 0. The molecule has 1 aromatic rings. The fourth-order valence-corrected chi connectivity index (χ4v) is 2.38. The van der Waals surface area contributed by atoms with Gasteiger partial charge >= 0.3 is 0 Å². The zero-order valence-electron chi connectivity index (χ0n) is 10.5. The van der Waals surface area contributed by atoms with E-state index in [9.17, 15) is 17.2 Å². The lowest BCUT2D eigenvalue weighted by atomic mass is 10.3. The number of nitrogens with zero attached hydrogens (tertiary/aromatic N) is 2. The Hall–Kier alpha value is -0.730. The summed E-state index contributed by atoms with van der Waals surface area (Å²) < 4.78 is 53.7. The maximum Gasteiger partial charge on any atom is 0.264 e. The van der Waals surface area contributed by atoms with Crippen molar-refractivity contribution in [1.29, 1.82) is 0 Å². The van der Waals surface area contributed by atoms with Crippen LogP contribution in [-0.4, -0.2) is 30.7 Å². The standard InChI is InChI=1S/C10H15ClF2N2O3S/c1-3-7(2)18-6-8-9(19(11,16)17)4-14-15(8)5-10(12)13/h4,7,10H,3,5-6H2,1-2H3. The number of halogens is 3. The predicted molar refractivity (Wildman–Crippen MR) is 65.8 cm³/mol. The van der Waals surface area contributed by atoms with Gasteiger partial charge in [0.25, 0.3) is 15.5 Å². The van der Waals surface area contributed by atoms with E-state index in [0.717, 1.165) is 10.9 Å². The van der Waals surface area contributed by atoms with Crippen molar-refractivity contribution in [2.24, 2.45) is 0 Å². The van der Waals surface area contributed by atoms with Crippen LogP contribution in [0.3, 0.4) is 0 Å². The molecule has 0 N–H and O–H groups in total. The molecule has 5 nitrogen and oxygen atoms in total. The van der Waals surface area contributed by atoms with Crippen LogP contribution in [0.5, 0.6) is 0 Å². The van der Waals surface area contributed by atoms with Crippen LogP contribution in [0.25, 0.3) is 0 Å². The Morgan fingerprint density at radius 2 is 2.16 bits per heavy atom. The summed E-state index contributed by atoms with van der Waals surface area (Å²) in [5.41, 5.74) is 0.0376. The van der Waals surface area contributed by atoms with Gasteiger partial charge in [-0.1, -0.05) is 6.92 Å². The van der Waals surface area contributed by atoms with Crippen molar-refractivity contribution in [3.63, 3.8) is 0 Å². The molecule has 0 aromatic carbocycles. The maximum atomic E-state index is 12.4. The number of ether oxygens (including phenoxy) is 1. The van der Waals surface area contributed by atoms with E-state index in [-0.39, 0.29) is 23.3 Å². The van der Waals surface area contributed by atoms with E-state index in [1.807, 2.05) is 6.92 Å². The molecular weight excluding hydrogens is 302 g/mol. The molecule has 0 aliphatic carbocycles. The molecule has 1 aromatic heterocycles. The van der Waals surface area contributed by atoms with Gasteiger partial charge < -0.3 is 4.74 Å². The van der Waals surface area contributed by atoms with Crippen LogP contribution < -0.4 is 0 Å².